The average molecular weight is 671 g/mol. The maximum Gasteiger partial charge on any atom is 0.0634 e. The Kier molecular flexibility index (Phi) is 6.41. The molecule has 0 N–H and O–H groups in total. The zero-order valence-corrected chi connectivity index (χ0v) is 28.9. The molecule has 0 fully saturated rings. The van der Waals surface area contributed by atoms with Gasteiger partial charge < -0.3 is 9.13 Å². The molecule has 2 nitrogen and oxygen atoms in total. The Hall–Kier alpha value is -5.90. The molecule has 6 aromatic carbocycles. The van der Waals surface area contributed by atoms with Crippen molar-refractivity contribution in [3.63, 3.8) is 0 Å². The second-order valence-electron chi connectivity index (χ2n) is 14.0. The van der Waals surface area contributed by atoms with Crippen LogP contribution in [0.4, 0.5) is 0 Å². The van der Waals surface area contributed by atoms with Crippen LogP contribution in [0.2, 0.25) is 0 Å². The summed E-state index contributed by atoms with van der Waals surface area (Å²) in [6, 6.07) is 49.7. The molecule has 0 saturated carbocycles. The van der Waals surface area contributed by atoms with Crippen LogP contribution in [0.3, 0.4) is 0 Å². The van der Waals surface area contributed by atoms with E-state index < -0.39 is 0 Å². The van der Waals surface area contributed by atoms with Crippen LogP contribution in [0.1, 0.15) is 35.7 Å². The van der Waals surface area contributed by atoms with Gasteiger partial charge in [-0.2, -0.15) is 0 Å². The number of rotatable bonds is 4. The van der Waals surface area contributed by atoms with E-state index in [1.165, 1.54) is 92.1 Å². The summed E-state index contributed by atoms with van der Waals surface area (Å²) < 4.78 is 7.87. The lowest BCUT2D eigenvalue weighted by molar-refractivity contribution is 0.629. The monoisotopic (exact) mass is 670 g/mol. The SMILES string of the molecule is C1=CC(n2c3c(c4cc5c6ccc7sc8ccccc8c7c6n(-c6cccc(-c7ccccc7)c6)c5cc42)CCC=C3)CC(c2ccccc2)=C1. The first-order valence-electron chi connectivity index (χ1n) is 18.0. The third-order valence-electron chi connectivity index (χ3n) is 11.1. The highest BCUT2D eigenvalue weighted by atomic mass is 32.1. The van der Waals surface area contributed by atoms with Gasteiger partial charge in [0.25, 0.3) is 0 Å². The van der Waals surface area contributed by atoms with Crippen molar-refractivity contribution >= 4 is 75.9 Å². The first-order chi connectivity index (χ1) is 25.3. The van der Waals surface area contributed by atoms with Gasteiger partial charge in [-0.3, -0.25) is 0 Å². The normalized spacial score (nSPS) is 15.8. The molecule has 3 heteroatoms. The van der Waals surface area contributed by atoms with Crippen LogP contribution in [0.15, 0.2) is 158 Å². The maximum atomic E-state index is 2.64. The summed E-state index contributed by atoms with van der Waals surface area (Å²) in [5.41, 5.74) is 13.0. The number of thiophene rings is 1. The topological polar surface area (TPSA) is 9.86 Å². The molecular formula is C48H34N2S. The molecule has 3 aromatic heterocycles. The molecule has 51 heavy (non-hydrogen) atoms. The van der Waals surface area contributed by atoms with Gasteiger partial charge in [0.1, 0.15) is 0 Å². The Morgan fingerprint density at radius 2 is 1.41 bits per heavy atom. The molecule has 2 aliphatic carbocycles. The van der Waals surface area contributed by atoms with Gasteiger partial charge in [-0.05, 0) is 89.6 Å². The summed E-state index contributed by atoms with van der Waals surface area (Å²) in [6.45, 7) is 0. The fraction of sp³-hybridized carbons (Fsp3) is 0.0833. The van der Waals surface area contributed by atoms with E-state index in [0.29, 0.717) is 0 Å². The highest BCUT2D eigenvalue weighted by Crippen LogP contribution is 2.46. The first-order valence-corrected chi connectivity index (χ1v) is 18.8. The molecular weight excluding hydrogens is 637 g/mol. The predicted octanol–water partition coefficient (Wildman–Crippen LogP) is 13.3. The lowest BCUT2D eigenvalue weighted by atomic mass is 9.94. The zero-order chi connectivity index (χ0) is 33.5. The lowest BCUT2D eigenvalue weighted by Gasteiger charge is -2.24. The van der Waals surface area contributed by atoms with E-state index in [0.717, 1.165) is 19.3 Å². The predicted molar refractivity (Wildman–Crippen MR) is 219 cm³/mol. The van der Waals surface area contributed by atoms with Gasteiger partial charge in [0.05, 0.1) is 22.6 Å². The van der Waals surface area contributed by atoms with Crippen molar-refractivity contribution in [1.29, 1.82) is 0 Å². The molecule has 0 aliphatic heterocycles. The van der Waals surface area contributed by atoms with Gasteiger partial charge in [-0.1, -0.05) is 121 Å². The lowest BCUT2D eigenvalue weighted by Crippen LogP contribution is -2.12. The van der Waals surface area contributed by atoms with E-state index in [-0.39, 0.29) is 6.04 Å². The summed E-state index contributed by atoms with van der Waals surface area (Å²) in [5.74, 6) is 0. The molecule has 242 valence electrons. The number of aromatic nitrogens is 2. The molecule has 3 heterocycles. The number of fused-ring (bicyclic) bond motifs is 10. The van der Waals surface area contributed by atoms with Crippen LogP contribution in [0, 0.1) is 0 Å². The molecule has 11 rings (SSSR count). The minimum absolute atomic E-state index is 0.225. The van der Waals surface area contributed by atoms with E-state index in [1.54, 1.807) is 0 Å². The van der Waals surface area contributed by atoms with Crippen LogP contribution in [-0.2, 0) is 6.42 Å². The molecule has 1 unspecified atom stereocenters. The van der Waals surface area contributed by atoms with Crippen molar-refractivity contribution in [2.75, 3.05) is 0 Å². The van der Waals surface area contributed by atoms with E-state index in [9.17, 15) is 0 Å². The Labute approximate surface area is 300 Å². The standard InChI is InChI=1S/C48H34N2S/c1-3-13-31(14-4-1)33-17-11-19-35(27-33)49-42-23-9-7-21-37(42)40-29-41-38-25-26-46-47(39-22-8-10-24-45(39)51-46)48(38)50(44(41)30-43(40)49)36-20-12-18-34(28-36)32-15-5-2-6-16-32/h1-6,8-20,22-26,28-30,35H,7,21,27H2. The zero-order valence-electron chi connectivity index (χ0n) is 28.1. The van der Waals surface area contributed by atoms with E-state index >= 15 is 0 Å². The Morgan fingerprint density at radius 3 is 2.29 bits per heavy atom. The summed E-state index contributed by atoms with van der Waals surface area (Å²) in [5, 5.41) is 6.69. The minimum Gasteiger partial charge on any atom is -0.333 e. The summed E-state index contributed by atoms with van der Waals surface area (Å²) >= 11 is 1.90. The smallest absolute Gasteiger partial charge is 0.0634 e. The van der Waals surface area contributed by atoms with Crippen molar-refractivity contribution in [2.24, 2.45) is 0 Å². The van der Waals surface area contributed by atoms with Gasteiger partial charge in [0, 0.05) is 47.7 Å². The highest BCUT2D eigenvalue weighted by Gasteiger charge is 2.26. The third kappa shape index (κ3) is 4.41. The largest absolute Gasteiger partial charge is 0.333 e. The molecule has 0 radical (unpaired) electrons. The van der Waals surface area contributed by atoms with Gasteiger partial charge in [0.15, 0.2) is 0 Å². The van der Waals surface area contributed by atoms with E-state index in [2.05, 4.69) is 173 Å². The van der Waals surface area contributed by atoms with Crippen LogP contribution < -0.4 is 0 Å². The van der Waals surface area contributed by atoms with Gasteiger partial charge in [-0.25, -0.2) is 0 Å². The van der Waals surface area contributed by atoms with Crippen molar-refractivity contribution in [3.8, 4) is 16.8 Å². The minimum atomic E-state index is 0.225. The summed E-state index contributed by atoms with van der Waals surface area (Å²) in [7, 11) is 0. The van der Waals surface area contributed by atoms with Crippen LogP contribution >= 0.6 is 11.3 Å². The fourth-order valence-electron chi connectivity index (χ4n) is 8.85. The van der Waals surface area contributed by atoms with Gasteiger partial charge in [-0.15, -0.1) is 11.3 Å². The number of allylic oxidation sites excluding steroid dienone is 5. The van der Waals surface area contributed by atoms with E-state index in [1.807, 2.05) is 11.3 Å². The number of nitrogens with zero attached hydrogens (tertiary/aromatic N) is 2. The number of benzene rings is 6. The first kappa shape index (κ1) is 28.9. The van der Waals surface area contributed by atoms with Crippen molar-refractivity contribution in [1.82, 2.24) is 9.13 Å². The van der Waals surface area contributed by atoms with Crippen LogP contribution in [-0.4, -0.2) is 9.13 Å². The molecule has 0 saturated heterocycles. The quantitative estimate of drug-likeness (QED) is 0.176. The maximum absolute atomic E-state index is 2.64. The van der Waals surface area contributed by atoms with Crippen LogP contribution in [0.25, 0.3) is 81.3 Å². The molecule has 0 spiro atoms. The van der Waals surface area contributed by atoms with Gasteiger partial charge in [0.2, 0.25) is 0 Å². The molecule has 9 aromatic rings. The van der Waals surface area contributed by atoms with Gasteiger partial charge >= 0.3 is 0 Å². The highest BCUT2D eigenvalue weighted by molar-refractivity contribution is 7.26. The molecule has 2 aliphatic rings. The Morgan fingerprint density at radius 1 is 0.608 bits per heavy atom. The molecule has 0 bridgehead atoms. The summed E-state index contributed by atoms with van der Waals surface area (Å²) in [4.78, 5) is 0. The molecule has 1 atom stereocenters. The Balaban J connectivity index is 1.23. The fourth-order valence-corrected chi connectivity index (χ4v) is 9.96. The third-order valence-corrected chi connectivity index (χ3v) is 12.3. The number of hydrogen-bond donors (Lipinski definition) is 0. The van der Waals surface area contributed by atoms with Crippen molar-refractivity contribution in [3.05, 3.63) is 175 Å². The summed E-state index contributed by atoms with van der Waals surface area (Å²) in [6.07, 6.45) is 14.8. The van der Waals surface area contributed by atoms with Crippen LogP contribution in [0.5, 0.6) is 0 Å². The van der Waals surface area contributed by atoms with Crippen molar-refractivity contribution < 1.29 is 0 Å². The number of hydrogen-bond acceptors (Lipinski definition) is 1. The average Bonchev–Trinajstić information content (AvgIpc) is 3.85. The van der Waals surface area contributed by atoms with Crippen molar-refractivity contribution in [2.45, 2.75) is 25.3 Å². The second-order valence-corrected chi connectivity index (χ2v) is 15.0. The van der Waals surface area contributed by atoms with E-state index in [4.69, 9.17) is 0 Å². The molecule has 0 amide bonds. The number of aryl methyl sites for hydroxylation is 1. The Bertz CT molecular complexity index is 2930. The second kappa shape index (κ2) is 11.3.